The van der Waals surface area contributed by atoms with E-state index >= 15 is 0 Å². The van der Waals surface area contributed by atoms with Crippen molar-refractivity contribution < 1.29 is 4.39 Å². The smallest absolute Gasteiger partial charge is 0.123 e. The lowest BCUT2D eigenvalue weighted by Crippen LogP contribution is -2.21. The molecule has 0 radical (unpaired) electrons. The van der Waals surface area contributed by atoms with E-state index in [2.05, 4.69) is 26.1 Å². The van der Waals surface area contributed by atoms with E-state index in [1.165, 1.54) is 18.9 Å². The molecule has 0 aromatic heterocycles. The van der Waals surface area contributed by atoms with Crippen LogP contribution >= 0.6 is 0 Å². The fourth-order valence-electron chi connectivity index (χ4n) is 2.24. The fourth-order valence-corrected chi connectivity index (χ4v) is 2.24. The standard InChI is InChI=1S/C16H26FN/c1-4-18-12-15(9-5-7-13(2)3)14-8-6-10-16(17)11-14/h6,8,10-11,13,15,18H,4-5,7,9,12H2,1-3H3. The summed E-state index contributed by atoms with van der Waals surface area (Å²) in [6.07, 6.45) is 3.59. The van der Waals surface area contributed by atoms with E-state index in [0.717, 1.165) is 31.0 Å². The van der Waals surface area contributed by atoms with Crippen molar-refractivity contribution in [1.29, 1.82) is 0 Å². The first-order valence-corrected chi connectivity index (χ1v) is 7.09. The molecule has 2 heteroatoms. The van der Waals surface area contributed by atoms with Crippen molar-refractivity contribution >= 4 is 0 Å². The molecule has 1 N–H and O–H groups in total. The maximum atomic E-state index is 13.3. The van der Waals surface area contributed by atoms with Crippen LogP contribution in [0.25, 0.3) is 0 Å². The third-order valence-corrected chi connectivity index (χ3v) is 3.29. The summed E-state index contributed by atoms with van der Waals surface area (Å²) in [7, 11) is 0. The van der Waals surface area contributed by atoms with Crippen molar-refractivity contribution in [3.05, 3.63) is 35.6 Å². The van der Waals surface area contributed by atoms with Gasteiger partial charge in [0.15, 0.2) is 0 Å². The van der Waals surface area contributed by atoms with Crippen molar-refractivity contribution in [2.24, 2.45) is 5.92 Å². The van der Waals surface area contributed by atoms with E-state index in [9.17, 15) is 4.39 Å². The van der Waals surface area contributed by atoms with Crippen LogP contribution in [0.4, 0.5) is 4.39 Å². The third-order valence-electron chi connectivity index (χ3n) is 3.29. The van der Waals surface area contributed by atoms with Gasteiger partial charge >= 0.3 is 0 Å². The van der Waals surface area contributed by atoms with Crippen LogP contribution in [0.3, 0.4) is 0 Å². The Labute approximate surface area is 111 Å². The van der Waals surface area contributed by atoms with E-state index in [-0.39, 0.29) is 5.82 Å². The van der Waals surface area contributed by atoms with Crippen LogP contribution in [0.5, 0.6) is 0 Å². The Hall–Kier alpha value is -0.890. The normalized spacial score (nSPS) is 12.9. The molecule has 1 aromatic rings. The lowest BCUT2D eigenvalue weighted by Gasteiger charge is -2.18. The summed E-state index contributed by atoms with van der Waals surface area (Å²) in [4.78, 5) is 0. The van der Waals surface area contributed by atoms with Gasteiger partial charge in [-0.3, -0.25) is 0 Å². The van der Waals surface area contributed by atoms with Crippen molar-refractivity contribution in [2.75, 3.05) is 13.1 Å². The van der Waals surface area contributed by atoms with E-state index in [1.807, 2.05) is 12.1 Å². The molecule has 0 fully saturated rings. The summed E-state index contributed by atoms with van der Waals surface area (Å²) >= 11 is 0. The first-order chi connectivity index (χ1) is 8.63. The van der Waals surface area contributed by atoms with Crippen LogP contribution < -0.4 is 5.32 Å². The van der Waals surface area contributed by atoms with Crippen LogP contribution in [-0.4, -0.2) is 13.1 Å². The quantitative estimate of drug-likeness (QED) is 0.724. The second-order valence-corrected chi connectivity index (χ2v) is 5.38. The molecule has 0 amide bonds. The largest absolute Gasteiger partial charge is 0.316 e. The van der Waals surface area contributed by atoms with Crippen molar-refractivity contribution in [3.63, 3.8) is 0 Å². The zero-order chi connectivity index (χ0) is 13.4. The zero-order valence-electron chi connectivity index (χ0n) is 11.9. The molecule has 0 saturated heterocycles. The summed E-state index contributed by atoms with van der Waals surface area (Å²) in [6.45, 7) is 8.52. The third kappa shape index (κ3) is 5.63. The van der Waals surface area contributed by atoms with Gasteiger partial charge in [-0.2, -0.15) is 0 Å². The molecule has 0 heterocycles. The minimum Gasteiger partial charge on any atom is -0.316 e. The predicted molar refractivity (Wildman–Crippen MR) is 76.4 cm³/mol. The zero-order valence-corrected chi connectivity index (χ0v) is 11.9. The van der Waals surface area contributed by atoms with Gasteiger partial charge in [-0.25, -0.2) is 4.39 Å². The molecule has 0 aliphatic carbocycles. The molecule has 1 rings (SSSR count). The average molecular weight is 251 g/mol. The van der Waals surface area contributed by atoms with Gasteiger partial charge in [0, 0.05) is 6.54 Å². The lowest BCUT2D eigenvalue weighted by molar-refractivity contribution is 0.482. The van der Waals surface area contributed by atoms with Crippen LogP contribution in [0.15, 0.2) is 24.3 Å². The molecule has 1 unspecified atom stereocenters. The number of hydrogen-bond acceptors (Lipinski definition) is 1. The van der Waals surface area contributed by atoms with Gasteiger partial charge in [0.05, 0.1) is 0 Å². The van der Waals surface area contributed by atoms with Crippen molar-refractivity contribution in [3.8, 4) is 0 Å². The van der Waals surface area contributed by atoms with E-state index < -0.39 is 0 Å². The summed E-state index contributed by atoms with van der Waals surface area (Å²) in [5, 5.41) is 3.38. The molecular weight excluding hydrogens is 225 g/mol. The summed E-state index contributed by atoms with van der Waals surface area (Å²) in [6, 6.07) is 7.05. The fraction of sp³-hybridized carbons (Fsp3) is 0.625. The van der Waals surface area contributed by atoms with Crippen LogP contribution in [-0.2, 0) is 0 Å². The maximum absolute atomic E-state index is 13.3. The second kappa shape index (κ2) is 8.25. The van der Waals surface area contributed by atoms with Gasteiger partial charge in [-0.05, 0) is 42.5 Å². The number of hydrogen-bond donors (Lipinski definition) is 1. The molecule has 0 bridgehead atoms. The molecule has 0 spiro atoms. The van der Waals surface area contributed by atoms with Gasteiger partial charge in [0.1, 0.15) is 5.82 Å². The Balaban J connectivity index is 2.59. The highest BCUT2D eigenvalue weighted by atomic mass is 19.1. The Kier molecular flexibility index (Phi) is 6.96. The van der Waals surface area contributed by atoms with E-state index in [1.54, 1.807) is 6.07 Å². The summed E-state index contributed by atoms with van der Waals surface area (Å²) < 4.78 is 13.3. The number of likely N-dealkylation sites (N-methyl/N-ethyl adjacent to an activating group) is 1. The monoisotopic (exact) mass is 251 g/mol. The Morgan fingerprint density at radius 2 is 2.00 bits per heavy atom. The molecule has 0 aliphatic rings. The van der Waals surface area contributed by atoms with E-state index in [0.29, 0.717) is 5.92 Å². The molecule has 1 aromatic carbocycles. The highest BCUT2D eigenvalue weighted by molar-refractivity contribution is 5.21. The molecular formula is C16H26FN. The molecule has 1 nitrogen and oxygen atoms in total. The number of benzene rings is 1. The maximum Gasteiger partial charge on any atom is 0.123 e. The minimum absolute atomic E-state index is 0.127. The minimum atomic E-state index is -0.127. The molecule has 102 valence electrons. The molecule has 0 saturated carbocycles. The van der Waals surface area contributed by atoms with Gasteiger partial charge in [0.2, 0.25) is 0 Å². The van der Waals surface area contributed by atoms with Crippen molar-refractivity contribution in [2.45, 2.75) is 46.0 Å². The van der Waals surface area contributed by atoms with Crippen LogP contribution in [0.2, 0.25) is 0 Å². The Bertz CT molecular complexity index is 336. The van der Waals surface area contributed by atoms with Gasteiger partial charge in [-0.15, -0.1) is 0 Å². The number of halogens is 1. The van der Waals surface area contributed by atoms with Crippen LogP contribution in [0, 0.1) is 11.7 Å². The average Bonchev–Trinajstić information content (AvgIpc) is 2.33. The highest BCUT2D eigenvalue weighted by Crippen LogP contribution is 2.23. The SMILES string of the molecule is CCNCC(CCCC(C)C)c1cccc(F)c1. The number of rotatable bonds is 8. The lowest BCUT2D eigenvalue weighted by atomic mass is 9.92. The molecule has 18 heavy (non-hydrogen) atoms. The van der Waals surface area contributed by atoms with Gasteiger partial charge in [0.25, 0.3) is 0 Å². The molecule has 0 aliphatic heterocycles. The molecule has 1 atom stereocenters. The second-order valence-electron chi connectivity index (χ2n) is 5.38. The summed E-state index contributed by atoms with van der Waals surface area (Å²) in [5.74, 6) is 1.05. The predicted octanol–water partition coefficient (Wildman–Crippen LogP) is 4.35. The Morgan fingerprint density at radius 3 is 2.61 bits per heavy atom. The van der Waals surface area contributed by atoms with Gasteiger partial charge in [-0.1, -0.05) is 45.7 Å². The van der Waals surface area contributed by atoms with E-state index in [4.69, 9.17) is 0 Å². The van der Waals surface area contributed by atoms with Crippen molar-refractivity contribution in [1.82, 2.24) is 5.32 Å². The first kappa shape index (κ1) is 15.2. The topological polar surface area (TPSA) is 12.0 Å². The highest BCUT2D eigenvalue weighted by Gasteiger charge is 2.11. The Morgan fingerprint density at radius 1 is 1.22 bits per heavy atom. The summed E-state index contributed by atoms with van der Waals surface area (Å²) in [5.41, 5.74) is 1.12. The first-order valence-electron chi connectivity index (χ1n) is 7.09. The number of nitrogens with one attached hydrogen (secondary N) is 1. The van der Waals surface area contributed by atoms with Gasteiger partial charge < -0.3 is 5.32 Å². The van der Waals surface area contributed by atoms with Crippen LogP contribution in [0.1, 0.15) is 51.5 Å².